The summed E-state index contributed by atoms with van der Waals surface area (Å²) in [6.07, 6.45) is 2.53. The monoisotopic (exact) mass is 208 g/mol. The van der Waals surface area contributed by atoms with Crippen molar-refractivity contribution >= 4 is 17.5 Å². The molecule has 1 aromatic carbocycles. The SMILES string of the molecule is CSCC(=O)Cc1ccc(C)c(C)c1. The van der Waals surface area contributed by atoms with Crippen LogP contribution in [0.4, 0.5) is 0 Å². The third-order valence-corrected chi connectivity index (χ3v) is 2.89. The van der Waals surface area contributed by atoms with Gasteiger partial charge in [0.05, 0.1) is 5.75 Å². The molecule has 76 valence electrons. The van der Waals surface area contributed by atoms with Crippen molar-refractivity contribution in [2.24, 2.45) is 0 Å². The maximum absolute atomic E-state index is 11.4. The summed E-state index contributed by atoms with van der Waals surface area (Å²) in [5.74, 6) is 0.924. The summed E-state index contributed by atoms with van der Waals surface area (Å²) in [5, 5.41) is 0. The highest BCUT2D eigenvalue weighted by atomic mass is 32.2. The van der Waals surface area contributed by atoms with Crippen LogP contribution >= 0.6 is 11.8 Å². The first-order chi connectivity index (χ1) is 6.63. The molecule has 0 bridgehead atoms. The van der Waals surface area contributed by atoms with E-state index in [-0.39, 0.29) is 0 Å². The van der Waals surface area contributed by atoms with E-state index < -0.39 is 0 Å². The summed E-state index contributed by atoms with van der Waals surface area (Å²) >= 11 is 1.59. The molecule has 0 aliphatic rings. The zero-order chi connectivity index (χ0) is 10.6. The first-order valence-corrected chi connectivity index (χ1v) is 6.09. The summed E-state index contributed by atoms with van der Waals surface area (Å²) in [4.78, 5) is 11.4. The molecule has 0 aliphatic carbocycles. The molecule has 1 nitrogen and oxygen atoms in total. The van der Waals surface area contributed by atoms with Crippen molar-refractivity contribution in [1.29, 1.82) is 0 Å². The van der Waals surface area contributed by atoms with Crippen molar-refractivity contribution in [3.05, 3.63) is 34.9 Å². The van der Waals surface area contributed by atoms with E-state index in [9.17, 15) is 4.79 Å². The Labute approximate surface area is 89.9 Å². The fraction of sp³-hybridized carbons (Fsp3) is 0.417. The Bertz CT molecular complexity index is 331. The molecule has 0 radical (unpaired) electrons. The summed E-state index contributed by atoms with van der Waals surface area (Å²) in [6, 6.07) is 6.23. The van der Waals surface area contributed by atoms with Crippen molar-refractivity contribution in [3.8, 4) is 0 Å². The van der Waals surface area contributed by atoms with E-state index >= 15 is 0 Å². The molecule has 0 fully saturated rings. The minimum absolute atomic E-state index is 0.306. The van der Waals surface area contributed by atoms with Gasteiger partial charge >= 0.3 is 0 Å². The number of hydrogen-bond donors (Lipinski definition) is 0. The van der Waals surface area contributed by atoms with Crippen LogP contribution in [0.2, 0.25) is 0 Å². The van der Waals surface area contributed by atoms with E-state index in [1.165, 1.54) is 11.1 Å². The lowest BCUT2D eigenvalue weighted by Gasteiger charge is -2.04. The molecular weight excluding hydrogens is 192 g/mol. The highest BCUT2D eigenvalue weighted by Crippen LogP contribution is 2.11. The van der Waals surface area contributed by atoms with Crippen molar-refractivity contribution in [2.45, 2.75) is 20.3 Å². The van der Waals surface area contributed by atoms with Gasteiger partial charge in [-0.3, -0.25) is 4.79 Å². The van der Waals surface area contributed by atoms with Crippen LogP contribution in [0.15, 0.2) is 18.2 Å². The second-order valence-corrected chi connectivity index (χ2v) is 4.43. The Morgan fingerprint density at radius 2 is 2.00 bits per heavy atom. The molecule has 0 unspecified atom stereocenters. The molecular formula is C12H16OS. The summed E-state index contributed by atoms with van der Waals surface area (Å²) in [5.41, 5.74) is 3.68. The first-order valence-electron chi connectivity index (χ1n) is 4.70. The van der Waals surface area contributed by atoms with Gasteiger partial charge in [-0.1, -0.05) is 18.2 Å². The van der Waals surface area contributed by atoms with E-state index in [4.69, 9.17) is 0 Å². The summed E-state index contributed by atoms with van der Waals surface area (Å²) in [6.45, 7) is 4.17. The fourth-order valence-electron chi connectivity index (χ4n) is 1.35. The molecule has 1 aromatic rings. The normalized spacial score (nSPS) is 10.2. The lowest BCUT2D eigenvalue weighted by Crippen LogP contribution is -2.05. The van der Waals surface area contributed by atoms with Gasteiger partial charge in [-0.05, 0) is 36.8 Å². The second kappa shape index (κ2) is 5.20. The standard InChI is InChI=1S/C12H16OS/c1-9-4-5-11(6-10(9)2)7-12(13)8-14-3/h4-6H,7-8H2,1-3H3. The summed E-state index contributed by atoms with van der Waals surface area (Å²) in [7, 11) is 0. The van der Waals surface area contributed by atoms with Gasteiger partial charge in [0.1, 0.15) is 5.78 Å². The Morgan fingerprint density at radius 3 is 2.57 bits per heavy atom. The largest absolute Gasteiger partial charge is 0.298 e. The molecule has 0 N–H and O–H groups in total. The van der Waals surface area contributed by atoms with E-state index in [0.717, 1.165) is 5.56 Å². The molecule has 0 saturated carbocycles. The number of carbonyl (C=O) groups is 1. The van der Waals surface area contributed by atoms with E-state index in [1.807, 2.05) is 12.3 Å². The third kappa shape index (κ3) is 3.18. The molecule has 0 atom stereocenters. The van der Waals surface area contributed by atoms with Gasteiger partial charge < -0.3 is 0 Å². The molecule has 0 heterocycles. The smallest absolute Gasteiger partial charge is 0.147 e. The predicted octanol–water partition coefficient (Wildman–Crippen LogP) is 2.78. The molecule has 0 saturated heterocycles. The average molecular weight is 208 g/mol. The van der Waals surface area contributed by atoms with Crippen molar-refractivity contribution in [3.63, 3.8) is 0 Å². The number of carbonyl (C=O) groups excluding carboxylic acids is 1. The number of rotatable bonds is 4. The van der Waals surface area contributed by atoms with E-state index in [1.54, 1.807) is 11.8 Å². The molecule has 1 rings (SSSR count). The van der Waals surface area contributed by atoms with Crippen molar-refractivity contribution in [1.82, 2.24) is 0 Å². The average Bonchev–Trinajstić information content (AvgIpc) is 2.12. The Kier molecular flexibility index (Phi) is 4.21. The quantitative estimate of drug-likeness (QED) is 0.757. The maximum Gasteiger partial charge on any atom is 0.147 e. The second-order valence-electron chi connectivity index (χ2n) is 3.57. The number of benzene rings is 1. The van der Waals surface area contributed by atoms with Gasteiger partial charge in [0, 0.05) is 6.42 Å². The highest BCUT2D eigenvalue weighted by Gasteiger charge is 2.03. The van der Waals surface area contributed by atoms with Crippen LogP contribution in [-0.4, -0.2) is 17.8 Å². The third-order valence-electron chi connectivity index (χ3n) is 2.28. The number of Topliss-reactive ketones (excluding diaryl/α,β-unsaturated/α-hetero) is 1. The number of aryl methyl sites for hydroxylation is 2. The van der Waals surface area contributed by atoms with Crippen LogP contribution < -0.4 is 0 Å². The maximum atomic E-state index is 11.4. The number of thioether (sulfide) groups is 1. The predicted molar refractivity (Wildman–Crippen MR) is 63.0 cm³/mol. The van der Waals surface area contributed by atoms with Gasteiger partial charge in [-0.15, -0.1) is 0 Å². The van der Waals surface area contributed by atoms with Gasteiger partial charge in [-0.2, -0.15) is 11.8 Å². The van der Waals surface area contributed by atoms with Crippen molar-refractivity contribution in [2.75, 3.05) is 12.0 Å². The zero-order valence-electron chi connectivity index (χ0n) is 8.96. The molecule has 2 heteroatoms. The molecule has 0 amide bonds. The van der Waals surface area contributed by atoms with Crippen LogP contribution in [0.3, 0.4) is 0 Å². The minimum atomic E-state index is 0.306. The lowest BCUT2D eigenvalue weighted by atomic mass is 10.0. The van der Waals surface area contributed by atoms with Gasteiger partial charge in [-0.25, -0.2) is 0 Å². The number of ketones is 1. The Morgan fingerprint density at radius 1 is 1.29 bits per heavy atom. The van der Waals surface area contributed by atoms with E-state index in [2.05, 4.69) is 26.0 Å². The Balaban J connectivity index is 2.68. The van der Waals surface area contributed by atoms with E-state index in [0.29, 0.717) is 18.0 Å². The minimum Gasteiger partial charge on any atom is -0.298 e. The molecule has 0 aliphatic heterocycles. The van der Waals surface area contributed by atoms with Crippen LogP contribution in [0.1, 0.15) is 16.7 Å². The molecule has 0 aromatic heterocycles. The fourth-order valence-corrected chi connectivity index (χ4v) is 1.78. The summed E-state index contributed by atoms with van der Waals surface area (Å²) < 4.78 is 0. The van der Waals surface area contributed by atoms with Crippen LogP contribution in [0.5, 0.6) is 0 Å². The van der Waals surface area contributed by atoms with Gasteiger partial charge in [0.15, 0.2) is 0 Å². The van der Waals surface area contributed by atoms with Gasteiger partial charge in [0.25, 0.3) is 0 Å². The van der Waals surface area contributed by atoms with Crippen LogP contribution in [0, 0.1) is 13.8 Å². The topological polar surface area (TPSA) is 17.1 Å². The highest BCUT2D eigenvalue weighted by molar-refractivity contribution is 7.99. The number of hydrogen-bond acceptors (Lipinski definition) is 2. The Hall–Kier alpha value is -0.760. The molecule has 0 spiro atoms. The molecule has 14 heavy (non-hydrogen) atoms. The van der Waals surface area contributed by atoms with Crippen LogP contribution in [-0.2, 0) is 11.2 Å². The zero-order valence-corrected chi connectivity index (χ0v) is 9.78. The lowest BCUT2D eigenvalue weighted by molar-refractivity contribution is -0.115. The van der Waals surface area contributed by atoms with Crippen LogP contribution in [0.25, 0.3) is 0 Å². The van der Waals surface area contributed by atoms with Gasteiger partial charge in [0.2, 0.25) is 0 Å². The van der Waals surface area contributed by atoms with Crippen molar-refractivity contribution < 1.29 is 4.79 Å². The first kappa shape index (κ1) is 11.3.